The monoisotopic (exact) mass is 424 g/mol. The number of nitrogens with zero attached hydrogens (tertiary/aromatic N) is 1. The molecule has 0 heterocycles. The van der Waals surface area contributed by atoms with Crippen molar-refractivity contribution in [1.82, 2.24) is 5.32 Å². The van der Waals surface area contributed by atoms with Crippen LogP contribution in [0.2, 0.25) is 0 Å². The number of nitrogens with one attached hydrogen (secondary N) is 1. The van der Waals surface area contributed by atoms with Crippen LogP contribution in [0.1, 0.15) is 18.1 Å². The SMILES string of the molecule is C=C(c1ccccc1F)c1ccccc1N(C)[C@@H](C(/C=C\C=C\F)=C/C)[C@H](O)CNC. The first-order chi connectivity index (χ1) is 15.0. The molecule has 0 saturated heterocycles. The normalized spacial score (nSPS) is 14.2. The molecular weight excluding hydrogens is 394 g/mol. The fourth-order valence-electron chi connectivity index (χ4n) is 3.64. The van der Waals surface area contributed by atoms with Crippen LogP contribution in [0.15, 0.2) is 91.3 Å². The number of halogens is 2. The molecule has 3 nitrogen and oxygen atoms in total. The van der Waals surface area contributed by atoms with E-state index in [4.69, 9.17) is 0 Å². The van der Waals surface area contributed by atoms with Gasteiger partial charge in [0.25, 0.3) is 0 Å². The molecule has 5 heteroatoms. The number of likely N-dealkylation sites (N-methyl/N-ethyl adjacent to an activating group) is 2. The van der Waals surface area contributed by atoms with Crippen molar-refractivity contribution in [3.05, 3.63) is 108 Å². The maximum atomic E-state index is 14.4. The van der Waals surface area contributed by atoms with E-state index in [0.29, 0.717) is 24.0 Å². The highest BCUT2D eigenvalue weighted by atomic mass is 19.1. The van der Waals surface area contributed by atoms with Crippen LogP contribution in [0.25, 0.3) is 5.57 Å². The second-order valence-corrected chi connectivity index (χ2v) is 7.12. The lowest BCUT2D eigenvalue weighted by molar-refractivity contribution is 0.155. The first-order valence-electron chi connectivity index (χ1n) is 10.1. The zero-order valence-electron chi connectivity index (χ0n) is 18.2. The maximum absolute atomic E-state index is 14.4. The fraction of sp³-hybridized carbons (Fsp3) is 0.231. The summed E-state index contributed by atoms with van der Waals surface area (Å²) >= 11 is 0. The average Bonchev–Trinajstić information content (AvgIpc) is 2.78. The summed E-state index contributed by atoms with van der Waals surface area (Å²) in [6.45, 7) is 6.37. The Morgan fingerprint density at radius 1 is 1.13 bits per heavy atom. The molecule has 2 atom stereocenters. The van der Waals surface area contributed by atoms with Crippen LogP contribution in [0, 0.1) is 5.82 Å². The molecule has 0 aliphatic heterocycles. The number of hydrogen-bond donors (Lipinski definition) is 2. The molecular formula is C26H30F2N2O. The summed E-state index contributed by atoms with van der Waals surface area (Å²) in [7, 11) is 3.64. The number of rotatable bonds is 10. The van der Waals surface area contributed by atoms with Gasteiger partial charge in [0.15, 0.2) is 0 Å². The number of hydrogen-bond acceptors (Lipinski definition) is 3. The molecule has 164 valence electrons. The second kappa shape index (κ2) is 12.0. The summed E-state index contributed by atoms with van der Waals surface area (Å²) in [6.07, 6.45) is 6.24. The topological polar surface area (TPSA) is 35.5 Å². The largest absolute Gasteiger partial charge is 0.389 e. The van der Waals surface area contributed by atoms with Crippen LogP contribution in [-0.2, 0) is 0 Å². The Bertz CT molecular complexity index is 965. The third-order valence-electron chi connectivity index (χ3n) is 5.15. The van der Waals surface area contributed by atoms with Gasteiger partial charge in [0, 0.05) is 30.4 Å². The number of allylic oxidation sites excluding steroid dienone is 3. The van der Waals surface area contributed by atoms with Gasteiger partial charge in [0.1, 0.15) is 5.82 Å². The van der Waals surface area contributed by atoms with E-state index in [1.54, 1.807) is 37.4 Å². The molecule has 0 fully saturated rings. The van der Waals surface area contributed by atoms with Crippen LogP contribution in [0.4, 0.5) is 14.5 Å². The summed E-state index contributed by atoms with van der Waals surface area (Å²) < 4.78 is 26.8. The van der Waals surface area contributed by atoms with Gasteiger partial charge in [-0.25, -0.2) is 8.78 Å². The lowest BCUT2D eigenvalue weighted by Crippen LogP contribution is -2.47. The molecule has 0 aliphatic carbocycles. The van der Waals surface area contributed by atoms with Crippen molar-refractivity contribution in [3.63, 3.8) is 0 Å². The third-order valence-corrected chi connectivity index (χ3v) is 5.15. The molecule has 0 aromatic heterocycles. The van der Waals surface area contributed by atoms with E-state index in [9.17, 15) is 13.9 Å². The van der Waals surface area contributed by atoms with E-state index >= 15 is 0 Å². The van der Waals surface area contributed by atoms with Crippen LogP contribution >= 0.6 is 0 Å². The zero-order valence-corrected chi connectivity index (χ0v) is 18.2. The van der Waals surface area contributed by atoms with Crippen LogP contribution in [0.5, 0.6) is 0 Å². The van der Waals surface area contributed by atoms with Gasteiger partial charge in [0.05, 0.1) is 18.5 Å². The van der Waals surface area contributed by atoms with Gasteiger partial charge in [-0.1, -0.05) is 61.2 Å². The summed E-state index contributed by atoms with van der Waals surface area (Å²) in [6, 6.07) is 13.7. The second-order valence-electron chi connectivity index (χ2n) is 7.12. The van der Waals surface area contributed by atoms with Crippen molar-refractivity contribution in [2.45, 2.75) is 19.1 Å². The van der Waals surface area contributed by atoms with Crippen LogP contribution in [0.3, 0.4) is 0 Å². The lowest BCUT2D eigenvalue weighted by Gasteiger charge is -2.36. The molecule has 31 heavy (non-hydrogen) atoms. The van der Waals surface area contributed by atoms with Crippen molar-refractivity contribution in [3.8, 4) is 0 Å². The van der Waals surface area contributed by atoms with Gasteiger partial charge in [-0.3, -0.25) is 0 Å². The Balaban J connectivity index is 2.54. The van der Waals surface area contributed by atoms with E-state index in [1.165, 1.54) is 12.1 Å². The number of benzene rings is 2. The molecule has 2 rings (SSSR count). The molecule has 0 unspecified atom stereocenters. The smallest absolute Gasteiger partial charge is 0.131 e. The van der Waals surface area contributed by atoms with Gasteiger partial charge in [-0.15, -0.1) is 0 Å². The van der Waals surface area contributed by atoms with E-state index in [0.717, 1.165) is 16.8 Å². The Morgan fingerprint density at radius 3 is 2.39 bits per heavy atom. The first-order valence-corrected chi connectivity index (χ1v) is 10.1. The van der Waals surface area contributed by atoms with Crippen molar-refractivity contribution < 1.29 is 13.9 Å². The molecule has 0 spiro atoms. The average molecular weight is 425 g/mol. The minimum absolute atomic E-state index is 0.341. The van der Waals surface area contributed by atoms with Gasteiger partial charge in [-0.2, -0.15) is 0 Å². The summed E-state index contributed by atoms with van der Waals surface area (Å²) in [4.78, 5) is 1.95. The Labute approximate surface area is 183 Å². The molecule has 0 bridgehead atoms. The van der Waals surface area contributed by atoms with Gasteiger partial charge in [-0.05, 0) is 43.3 Å². The van der Waals surface area contributed by atoms with Crippen molar-refractivity contribution in [2.75, 3.05) is 25.5 Å². The van der Waals surface area contributed by atoms with Gasteiger partial charge < -0.3 is 15.3 Å². The minimum Gasteiger partial charge on any atom is -0.389 e. The maximum Gasteiger partial charge on any atom is 0.131 e. The number of anilines is 1. The van der Waals surface area contributed by atoms with Gasteiger partial charge >= 0.3 is 0 Å². The first kappa shape index (κ1) is 24.3. The van der Waals surface area contributed by atoms with E-state index in [-0.39, 0.29) is 5.82 Å². The molecule has 0 amide bonds. The molecule has 2 aromatic carbocycles. The van der Waals surface area contributed by atoms with Crippen LogP contribution in [-0.4, -0.2) is 37.9 Å². The Hall–Kier alpha value is -3.02. The quantitative estimate of drug-likeness (QED) is 0.511. The Morgan fingerprint density at radius 2 is 1.77 bits per heavy atom. The lowest BCUT2D eigenvalue weighted by atomic mass is 9.94. The predicted molar refractivity (Wildman–Crippen MR) is 126 cm³/mol. The van der Waals surface area contributed by atoms with Gasteiger partial charge in [0.2, 0.25) is 0 Å². The number of aliphatic hydroxyl groups is 1. The summed E-state index contributed by atoms with van der Waals surface area (Å²) in [5.74, 6) is -0.341. The van der Waals surface area contributed by atoms with Crippen molar-refractivity contribution in [1.29, 1.82) is 0 Å². The molecule has 0 saturated carbocycles. The third kappa shape index (κ3) is 6.00. The van der Waals surface area contributed by atoms with Crippen LogP contribution < -0.4 is 10.2 Å². The molecule has 2 N–H and O–H groups in total. The predicted octanol–water partition coefficient (Wildman–Crippen LogP) is 5.26. The van der Waals surface area contributed by atoms with Crippen molar-refractivity contribution in [2.24, 2.45) is 0 Å². The van der Waals surface area contributed by atoms with Crippen molar-refractivity contribution >= 4 is 11.3 Å². The Kier molecular flexibility index (Phi) is 9.38. The number of para-hydroxylation sites is 1. The molecule has 2 aromatic rings. The van der Waals surface area contributed by atoms with E-state index in [2.05, 4.69) is 11.9 Å². The fourth-order valence-corrected chi connectivity index (χ4v) is 3.64. The highest BCUT2D eigenvalue weighted by Crippen LogP contribution is 2.33. The standard InChI is InChI=1S/C26H30F2N2O/c1-5-20(12-10-11-17-27)26(25(31)18-29-3)30(4)24-16-9-7-14-22(24)19(2)21-13-6-8-15-23(21)28/h5-17,25-26,29,31H,2,18H2,1,3-4H3/b12-10-,17-11+,20-5+/t25-,26+/m1/s1. The highest BCUT2D eigenvalue weighted by Gasteiger charge is 2.27. The van der Waals surface area contributed by atoms with E-state index < -0.39 is 12.1 Å². The minimum atomic E-state index is -0.755. The number of aliphatic hydroxyl groups excluding tert-OH is 1. The molecule has 0 aliphatic rings. The summed E-state index contributed by atoms with van der Waals surface area (Å²) in [5.41, 5.74) is 3.36. The highest BCUT2D eigenvalue weighted by molar-refractivity contribution is 5.85. The molecule has 0 radical (unpaired) electrons. The zero-order chi connectivity index (χ0) is 22.8. The van der Waals surface area contributed by atoms with E-state index in [1.807, 2.05) is 49.2 Å². The summed E-state index contributed by atoms with van der Waals surface area (Å²) in [5, 5.41) is 13.9.